The summed E-state index contributed by atoms with van der Waals surface area (Å²) in [6, 6.07) is 0. The molecule has 110 valence electrons. The van der Waals surface area contributed by atoms with Crippen molar-refractivity contribution < 1.29 is 23.7 Å². The number of epoxide rings is 3. The maximum atomic E-state index is 5.74. The van der Waals surface area contributed by atoms with Crippen molar-refractivity contribution >= 4 is 0 Å². The fraction of sp³-hybridized carbons (Fsp3) is 1.00. The Bertz CT molecular complexity index is 261. The van der Waals surface area contributed by atoms with Crippen LogP contribution < -0.4 is 0 Å². The molecule has 3 saturated heterocycles. The predicted octanol–water partition coefficient (Wildman–Crippen LogP) is 1.00. The molecular formula is C14H24O5. The van der Waals surface area contributed by atoms with Crippen LogP contribution in [0.2, 0.25) is 0 Å². The minimum absolute atomic E-state index is 0.348. The van der Waals surface area contributed by atoms with Gasteiger partial charge in [0.15, 0.2) is 0 Å². The first-order chi connectivity index (χ1) is 9.40. The maximum Gasteiger partial charge on any atom is 0.104 e. The molecule has 3 fully saturated rings. The molecule has 0 radical (unpaired) electrons. The Morgan fingerprint density at radius 2 is 1.47 bits per heavy atom. The van der Waals surface area contributed by atoms with Crippen LogP contribution in [0.15, 0.2) is 0 Å². The van der Waals surface area contributed by atoms with Crippen molar-refractivity contribution in [2.45, 2.75) is 37.6 Å². The second kappa shape index (κ2) is 6.99. The molecule has 0 spiro atoms. The molecule has 4 unspecified atom stereocenters. The maximum absolute atomic E-state index is 5.74. The van der Waals surface area contributed by atoms with Crippen LogP contribution in [0.1, 0.15) is 19.3 Å². The minimum Gasteiger partial charge on any atom is -0.381 e. The first kappa shape index (κ1) is 13.8. The van der Waals surface area contributed by atoms with Gasteiger partial charge in [0.05, 0.1) is 51.8 Å². The molecule has 3 aliphatic rings. The van der Waals surface area contributed by atoms with Gasteiger partial charge in [-0.15, -0.1) is 0 Å². The lowest BCUT2D eigenvalue weighted by Crippen LogP contribution is -2.19. The van der Waals surface area contributed by atoms with Crippen LogP contribution >= 0.6 is 0 Å². The predicted molar refractivity (Wildman–Crippen MR) is 68.2 cm³/mol. The topological polar surface area (TPSA) is 56.0 Å². The van der Waals surface area contributed by atoms with Gasteiger partial charge in [-0.05, 0) is 19.3 Å². The highest BCUT2D eigenvalue weighted by Gasteiger charge is 2.26. The van der Waals surface area contributed by atoms with E-state index in [2.05, 4.69) is 0 Å². The standard InChI is InChI=1S/C14H24O5/c1(2-12-8-17-12)11(6-16-7-14-10-19-14)5-15-4-3-13-9-18-13/h11-14H,1-10H2. The van der Waals surface area contributed by atoms with E-state index in [1.807, 2.05) is 0 Å². The molecule has 5 heteroatoms. The zero-order valence-electron chi connectivity index (χ0n) is 11.4. The van der Waals surface area contributed by atoms with Gasteiger partial charge < -0.3 is 23.7 Å². The zero-order chi connectivity index (χ0) is 12.9. The molecule has 0 aliphatic carbocycles. The first-order valence-corrected chi connectivity index (χ1v) is 7.40. The Morgan fingerprint density at radius 1 is 0.842 bits per heavy atom. The lowest BCUT2D eigenvalue weighted by molar-refractivity contribution is 0.0279. The third-order valence-electron chi connectivity index (χ3n) is 3.70. The van der Waals surface area contributed by atoms with Crippen molar-refractivity contribution in [2.24, 2.45) is 5.92 Å². The van der Waals surface area contributed by atoms with Crippen LogP contribution in [0, 0.1) is 5.92 Å². The SMILES string of the molecule is C(CC1CO1)OCC(CCC1CO1)COCC1CO1. The minimum atomic E-state index is 0.348. The second-order valence-electron chi connectivity index (χ2n) is 5.71. The highest BCUT2D eigenvalue weighted by molar-refractivity contribution is 4.73. The van der Waals surface area contributed by atoms with Gasteiger partial charge in [0.2, 0.25) is 0 Å². The van der Waals surface area contributed by atoms with E-state index >= 15 is 0 Å². The smallest absolute Gasteiger partial charge is 0.104 e. The Hall–Kier alpha value is -0.200. The molecule has 0 aromatic heterocycles. The second-order valence-corrected chi connectivity index (χ2v) is 5.71. The van der Waals surface area contributed by atoms with E-state index in [0.717, 1.165) is 65.5 Å². The largest absolute Gasteiger partial charge is 0.381 e. The fourth-order valence-electron chi connectivity index (χ4n) is 2.10. The lowest BCUT2D eigenvalue weighted by atomic mass is 10.0. The molecule has 0 aromatic carbocycles. The van der Waals surface area contributed by atoms with Crippen LogP contribution in [0.3, 0.4) is 0 Å². The van der Waals surface area contributed by atoms with E-state index in [1.54, 1.807) is 0 Å². The quantitative estimate of drug-likeness (QED) is 0.392. The fourth-order valence-corrected chi connectivity index (χ4v) is 2.10. The van der Waals surface area contributed by atoms with Gasteiger partial charge in [0.25, 0.3) is 0 Å². The van der Waals surface area contributed by atoms with Gasteiger partial charge in [-0.25, -0.2) is 0 Å². The van der Waals surface area contributed by atoms with Crippen molar-refractivity contribution in [1.82, 2.24) is 0 Å². The van der Waals surface area contributed by atoms with Crippen LogP contribution in [-0.2, 0) is 23.7 Å². The number of rotatable bonds is 12. The summed E-state index contributed by atoms with van der Waals surface area (Å²) in [4.78, 5) is 0. The lowest BCUT2D eigenvalue weighted by Gasteiger charge is -2.16. The monoisotopic (exact) mass is 272 g/mol. The van der Waals surface area contributed by atoms with Gasteiger partial charge in [0.1, 0.15) is 6.10 Å². The van der Waals surface area contributed by atoms with Crippen LogP contribution in [0.5, 0.6) is 0 Å². The summed E-state index contributed by atoms with van der Waals surface area (Å²) in [5.74, 6) is 0.475. The number of hydrogen-bond acceptors (Lipinski definition) is 5. The molecule has 3 heterocycles. The summed E-state index contributed by atoms with van der Waals surface area (Å²) in [7, 11) is 0. The Balaban J connectivity index is 1.25. The van der Waals surface area contributed by atoms with Crippen molar-refractivity contribution in [1.29, 1.82) is 0 Å². The van der Waals surface area contributed by atoms with E-state index in [9.17, 15) is 0 Å². The van der Waals surface area contributed by atoms with Gasteiger partial charge >= 0.3 is 0 Å². The molecule has 3 aliphatic heterocycles. The average molecular weight is 272 g/mol. The summed E-state index contributed by atoms with van der Waals surface area (Å²) >= 11 is 0. The third kappa shape index (κ3) is 6.19. The number of ether oxygens (including phenoxy) is 5. The van der Waals surface area contributed by atoms with Crippen molar-refractivity contribution in [3.05, 3.63) is 0 Å². The van der Waals surface area contributed by atoms with E-state index in [-0.39, 0.29) is 0 Å². The van der Waals surface area contributed by atoms with Crippen molar-refractivity contribution in [3.63, 3.8) is 0 Å². The van der Waals surface area contributed by atoms with Crippen LogP contribution in [-0.4, -0.2) is 64.6 Å². The molecule has 19 heavy (non-hydrogen) atoms. The highest BCUT2D eigenvalue weighted by Crippen LogP contribution is 2.20. The molecule has 5 nitrogen and oxygen atoms in total. The van der Waals surface area contributed by atoms with Crippen molar-refractivity contribution in [2.75, 3.05) is 46.2 Å². The number of hydrogen-bond donors (Lipinski definition) is 0. The highest BCUT2D eigenvalue weighted by atomic mass is 16.6. The molecule has 0 aromatic rings. The normalized spacial score (nSPS) is 33.2. The van der Waals surface area contributed by atoms with Gasteiger partial charge in [-0.1, -0.05) is 0 Å². The summed E-state index contributed by atoms with van der Waals surface area (Å²) in [6.07, 6.45) is 4.57. The van der Waals surface area contributed by atoms with E-state index < -0.39 is 0 Å². The summed E-state index contributed by atoms with van der Waals surface area (Å²) in [5, 5.41) is 0. The molecule has 0 saturated carbocycles. The van der Waals surface area contributed by atoms with E-state index in [1.165, 1.54) is 0 Å². The van der Waals surface area contributed by atoms with E-state index in [4.69, 9.17) is 23.7 Å². The first-order valence-electron chi connectivity index (χ1n) is 7.40. The summed E-state index contributed by atoms with van der Waals surface area (Å²) in [5.41, 5.74) is 0. The van der Waals surface area contributed by atoms with Gasteiger partial charge in [-0.2, -0.15) is 0 Å². The van der Waals surface area contributed by atoms with Crippen LogP contribution in [0.4, 0.5) is 0 Å². The molecule has 0 amide bonds. The Kier molecular flexibility index (Phi) is 5.07. The molecule has 3 rings (SSSR count). The van der Waals surface area contributed by atoms with Crippen molar-refractivity contribution in [3.8, 4) is 0 Å². The van der Waals surface area contributed by atoms with Gasteiger partial charge in [-0.3, -0.25) is 0 Å². The average Bonchev–Trinajstić information content (AvgIpc) is 3.28. The van der Waals surface area contributed by atoms with Gasteiger partial charge in [0, 0.05) is 12.5 Å². The summed E-state index contributed by atoms with van der Waals surface area (Å²) < 4.78 is 27.0. The Labute approximate surface area is 114 Å². The molecule has 4 atom stereocenters. The van der Waals surface area contributed by atoms with E-state index in [0.29, 0.717) is 24.2 Å². The molecule has 0 N–H and O–H groups in total. The third-order valence-corrected chi connectivity index (χ3v) is 3.70. The molecular weight excluding hydrogens is 248 g/mol. The summed E-state index contributed by atoms with van der Waals surface area (Å²) in [6.45, 7) is 5.79. The van der Waals surface area contributed by atoms with Crippen LogP contribution in [0.25, 0.3) is 0 Å². The Morgan fingerprint density at radius 3 is 2.16 bits per heavy atom. The molecule has 0 bridgehead atoms. The zero-order valence-corrected chi connectivity index (χ0v) is 11.4.